The summed E-state index contributed by atoms with van der Waals surface area (Å²) >= 11 is 0. The van der Waals surface area contributed by atoms with E-state index in [1.807, 2.05) is 6.92 Å². The maximum Gasteiger partial charge on any atom is 0.315 e. The third-order valence-corrected chi connectivity index (χ3v) is 5.05. The Morgan fingerprint density at radius 2 is 1.92 bits per heavy atom. The zero-order valence-corrected chi connectivity index (χ0v) is 15.5. The lowest BCUT2D eigenvalue weighted by atomic mass is 9.99. The van der Waals surface area contributed by atoms with E-state index in [1.165, 1.54) is 31.5 Å². The van der Waals surface area contributed by atoms with Crippen LogP contribution in [-0.4, -0.2) is 37.1 Å². The first-order chi connectivity index (χ1) is 11.6. The summed E-state index contributed by atoms with van der Waals surface area (Å²) in [6.07, 6.45) is 4.67. The SMILES string of the molecule is CCc1ccc(C(C)NC(=O)NCCCN2CCC(C)CC2)cc1. The molecule has 0 saturated carbocycles. The number of carbonyl (C=O) groups is 1. The molecule has 1 atom stereocenters. The molecule has 134 valence electrons. The second-order valence-corrected chi connectivity index (χ2v) is 7.09. The predicted molar refractivity (Wildman–Crippen MR) is 100 cm³/mol. The van der Waals surface area contributed by atoms with Crippen LogP contribution in [0.3, 0.4) is 0 Å². The van der Waals surface area contributed by atoms with E-state index in [9.17, 15) is 4.79 Å². The van der Waals surface area contributed by atoms with Gasteiger partial charge in [-0.3, -0.25) is 0 Å². The Morgan fingerprint density at radius 3 is 2.54 bits per heavy atom. The fourth-order valence-electron chi connectivity index (χ4n) is 3.16. The number of rotatable bonds is 7. The molecule has 1 aromatic rings. The summed E-state index contributed by atoms with van der Waals surface area (Å²) in [5, 5.41) is 5.99. The second-order valence-electron chi connectivity index (χ2n) is 7.09. The number of carbonyl (C=O) groups excluding carboxylic acids is 1. The zero-order chi connectivity index (χ0) is 17.4. The van der Waals surface area contributed by atoms with Crippen molar-refractivity contribution in [2.24, 2.45) is 5.92 Å². The maximum absolute atomic E-state index is 12.0. The number of likely N-dealkylation sites (tertiary alicyclic amines) is 1. The number of hydrogen-bond acceptors (Lipinski definition) is 2. The maximum atomic E-state index is 12.0. The highest BCUT2D eigenvalue weighted by Gasteiger charge is 2.15. The van der Waals surface area contributed by atoms with Crippen LogP contribution < -0.4 is 10.6 Å². The number of piperidine rings is 1. The lowest BCUT2D eigenvalue weighted by molar-refractivity contribution is 0.190. The number of amides is 2. The van der Waals surface area contributed by atoms with Gasteiger partial charge in [-0.25, -0.2) is 4.79 Å². The molecule has 0 bridgehead atoms. The number of benzene rings is 1. The summed E-state index contributed by atoms with van der Waals surface area (Å²) < 4.78 is 0. The van der Waals surface area contributed by atoms with Gasteiger partial charge in [0.25, 0.3) is 0 Å². The van der Waals surface area contributed by atoms with E-state index in [4.69, 9.17) is 0 Å². The van der Waals surface area contributed by atoms with Crippen molar-refractivity contribution in [2.45, 2.75) is 52.5 Å². The van der Waals surface area contributed by atoms with Gasteiger partial charge < -0.3 is 15.5 Å². The minimum Gasteiger partial charge on any atom is -0.338 e. The smallest absolute Gasteiger partial charge is 0.315 e. The van der Waals surface area contributed by atoms with Gasteiger partial charge in [0.2, 0.25) is 0 Å². The van der Waals surface area contributed by atoms with Gasteiger partial charge in [0, 0.05) is 6.54 Å². The molecule has 0 aliphatic carbocycles. The molecule has 1 unspecified atom stereocenters. The van der Waals surface area contributed by atoms with Crippen molar-refractivity contribution in [3.63, 3.8) is 0 Å². The summed E-state index contributed by atoms with van der Waals surface area (Å²) in [6.45, 7) is 10.7. The molecule has 4 heteroatoms. The second kappa shape index (κ2) is 9.67. The van der Waals surface area contributed by atoms with Crippen molar-refractivity contribution in [1.29, 1.82) is 0 Å². The monoisotopic (exact) mass is 331 g/mol. The Labute approximate surface area is 147 Å². The first-order valence-electron chi connectivity index (χ1n) is 9.44. The van der Waals surface area contributed by atoms with Crippen molar-refractivity contribution < 1.29 is 4.79 Å². The van der Waals surface area contributed by atoms with Gasteiger partial charge in [-0.1, -0.05) is 38.1 Å². The Kier molecular flexibility index (Phi) is 7.57. The molecular formula is C20H33N3O. The molecule has 24 heavy (non-hydrogen) atoms. The fourth-order valence-corrected chi connectivity index (χ4v) is 3.16. The minimum atomic E-state index is -0.0747. The standard InChI is InChI=1S/C20H33N3O/c1-4-18-6-8-19(9-7-18)17(3)22-20(24)21-12-5-13-23-14-10-16(2)11-15-23/h6-9,16-17H,4-5,10-15H2,1-3H3,(H2,21,22,24). The largest absolute Gasteiger partial charge is 0.338 e. The summed E-state index contributed by atoms with van der Waals surface area (Å²) in [6, 6.07) is 8.41. The predicted octanol–water partition coefficient (Wildman–Crippen LogP) is 3.73. The minimum absolute atomic E-state index is 0.0273. The van der Waals surface area contributed by atoms with Crippen LogP contribution in [0.5, 0.6) is 0 Å². The lowest BCUT2D eigenvalue weighted by Crippen LogP contribution is -2.39. The quantitative estimate of drug-likeness (QED) is 0.748. The summed E-state index contributed by atoms with van der Waals surface area (Å²) in [5.41, 5.74) is 2.47. The normalized spacial score (nSPS) is 17.5. The van der Waals surface area contributed by atoms with Crippen LogP contribution in [0.2, 0.25) is 0 Å². The molecule has 1 aromatic carbocycles. The van der Waals surface area contributed by atoms with Crippen molar-refractivity contribution in [1.82, 2.24) is 15.5 Å². The first-order valence-corrected chi connectivity index (χ1v) is 9.44. The van der Waals surface area contributed by atoms with Gasteiger partial charge in [-0.15, -0.1) is 0 Å². The van der Waals surface area contributed by atoms with E-state index in [2.05, 4.69) is 53.6 Å². The van der Waals surface area contributed by atoms with Gasteiger partial charge in [-0.2, -0.15) is 0 Å². The fraction of sp³-hybridized carbons (Fsp3) is 0.650. The molecule has 0 radical (unpaired) electrons. The summed E-state index contributed by atoms with van der Waals surface area (Å²) in [4.78, 5) is 14.5. The number of urea groups is 1. The van der Waals surface area contributed by atoms with Crippen LogP contribution in [-0.2, 0) is 6.42 Å². The van der Waals surface area contributed by atoms with Crippen LogP contribution in [0.25, 0.3) is 0 Å². The Hall–Kier alpha value is -1.55. The van der Waals surface area contributed by atoms with Crippen molar-refractivity contribution in [3.05, 3.63) is 35.4 Å². The van der Waals surface area contributed by atoms with Crippen molar-refractivity contribution >= 4 is 6.03 Å². The highest BCUT2D eigenvalue weighted by Crippen LogP contribution is 2.16. The van der Waals surface area contributed by atoms with Crippen LogP contribution in [0.4, 0.5) is 4.79 Å². The molecule has 1 aliphatic heterocycles. The van der Waals surface area contributed by atoms with Crippen LogP contribution >= 0.6 is 0 Å². The van der Waals surface area contributed by atoms with E-state index < -0.39 is 0 Å². The molecule has 0 spiro atoms. The Bertz CT molecular complexity index is 492. The van der Waals surface area contributed by atoms with Gasteiger partial charge in [0.15, 0.2) is 0 Å². The molecular weight excluding hydrogens is 298 g/mol. The zero-order valence-electron chi connectivity index (χ0n) is 15.5. The van der Waals surface area contributed by atoms with E-state index in [0.29, 0.717) is 0 Å². The van der Waals surface area contributed by atoms with Gasteiger partial charge in [0.05, 0.1) is 6.04 Å². The van der Waals surface area contributed by atoms with Crippen LogP contribution in [0, 0.1) is 5.92 Å². The van der Waals surface area contributed by atoms with Gasteiger partial charge in [-0.05, 0) is 69.3 Å². The average molecular weight is 332 g/mol. The third-order valence-electron chi connectivity index (χ3n) is 5.05. The van der Waals surface area contributed by atoms with Crippen molar-refractivity contribution in [2.75, 3.05) is 26.2 Å². The molecule has 1 saturated heterocycles. The van der Waals surface area contributed by atoms with Gasteiger partial charge in [0.1, 0.15) is 0 Å². The first kappa shape index (κ1) is 18.8. The summed E-state index contributed by atoms with van der Waals surface area (Å²) in [7, 11) is 0. The van der Waals surface area contributed by atoms with Crippen LogP contribution in [0.1, 0.15) is 57.2 Å². The Morgan fingerprint density at radius 1 is 1.25 bits per heavy atom. The Balaban J connectivity index is 1.61. The molecule has 1 aliphatic rings. The highest BCUT2D eigenvalue weighted by molar-refractivity contribution is 5.74. The number of hydrogen-bond donors (Lipinski definition) is 2. The highest BCUT2D eigenvalue weighted by atomic mass is 16.2. The number of aryl methyl sites for hydroxylation is 1. The topological polar surface area (TPSA) is 44.4 Å². The average Bonchev–Trinajstić information content (AvgIpc) is 2.60. The number of nitrogens with one attached hydrogen (secondary N) is 2. The molecule has 1 heterocycles. The van der Waals surface area contributed by atoms with Crippen molar-refractivity contribution in [3.8, 4) is 0 Å². The van der Waals surface area contributed by atoms with E-state index in [1.54, 1.807) is 0 Å². The summed E-state index contributed by atoms with van der Waals surface area (Å²) in [5.74, 6) is 0.873. The molecule has 4 nitrogen and oxygen atoms in total. The molecule has 2 N–H and O–H groups in total. The van der Waals surface area contributed by atoms with E-state index in [-0.39, 0.29) is 12.1 Å². The molecule has 2 rings (SSSR count). The molecule has 0 aromatic heterocycles. The van der Waals surface area contributed by atoms with Crippen LogP contribution in [0.15, 0.2) is 24.3 Å². The van der Waals surface area contributed by atoms with E-state index in [0.717, 1.165) is 37.4 Å². The molecule has 2 amide bonds. The molecule has 1 fully saturated rings. The number of nitrogens with zero attached hydrogens (tertiary/aromatic N) is 1. The third kappa shape index (κ3) is 6.16. The lowest BCUT2D eigenvalue weighted by Gasteiger charge is -2.30. The van der Waals surface area contributed by atoms with E-state index >= 15 is 0 Å². The van der Waals surface area contributed by atoms with Gasteiger partial charge >= 0.3 is 6.03 Å².